The number of hydrogen-bond donors (Lipinski definition) is 1. The van der Waals surface area contributed by atoms with Crippen LogP contribution in [0.5, 0.6) is 11.5 Å². The lowest BCUT2D eigenvalue weighted by Crippen LogP contribution is -2.08. The summed E-state index contributed by atoms with van der Waals surface area (Å²) < 4.78 is 32.2. The molecule has 0 radical (unpaired) electrons. The van der Waals surface area contributed by atoms with Gasteiger partial charge in [-0.05, 0) is 18.2 Å². The lowest BCUT2D eigenvalue weighted by atomic mass is 10.1. The Morgan fingerprint density at radius 2 is 1.78 bits per heavy atom. The third kappa shape index (κ3) is 1.18. The van der Waals surface area contributed by atoms with Crippen LogP contribution in [0.3, 0.4) is 0 Å². The molecule has 90 valence electrons. The van der Waals surface area contributed by atoms with Crippen LogP contribution in [0.4, 0.5) is 0 Å². The maximum atomic E-state index is 11.3. The number of hydrogen-bond acceptors (Lipinski definition) is 4. The molecule has 0 saturated carbocycles. The molecule has 0 fully saturated rings. The third-order valence-electron chi connectivity index (χ3n) is 2.98. The minimum Gasteiger partial charge on any atom is -0.351 e. The number of para-hydroxylation sites is 1. The highest BCUT2D eigenvalue weighted by Crippen LogP contribution is 2.43. The monoisotopic (exact) mass is 261 g/mol. The van der Waals surface area contributed by atoms with Crippen molar-refractivity contribution in [2.24, 2.45) is 0 Å². The van der Waals surface area contributed by atoms with Crippen molar-refractivity contribution >= 4 is 32.2 Å². The Bertz CT molecular complexity index is 895. The molecule has 0 aliphatic carbocycles. The number of nitrogens with one attached hydrogen (secondary N) is 1. The molecule has 4 rings (SSSR count). The van der Waals surface area contributed by atoms with Gasteiger partial charge in [0.05, 0.1) is 5.52 Å². The summed E-state index contributed by atoms with van der Waals surface area (Å²) in [5.41, 5.74) is 1.56. The first-order valence-electron chi connectivity index (χ1n) is 5.31. The van der Waals surface area contributed by atoms with E-state index >= 15 is 0 Å². The third-order valence-corrected chi connectivity index (χ3v) is 3.73. The Balaban J connectivity index is 2.17. The first kappa shape index (κ1) is 9.78. The van der Waals surface area contributed by atoms with Crippen molar-refractivity contribution in [2.75, 3.05) is 0 Å². The van der Waals surface area contributed by atoms with Crippen LogP contribution in [-0.4, -0.2) is 13.4 Å². The van der Waals surface area contributed by atoms with Gasteiger partial charge in [0, 0.05) is 16.3 Å². The van der Waals surface area contributed by atoms with Gasteiger partial charge >= 0.3 is 10.4 Å². The fourth-order valence-electron chi connectivity index (χ4n) is 2.25. The number of fused-ring (bicyclic) bond motifs is 5. The zero-order chi connectivity index (χ0) is 12.3. The molecule has 0 unspecified atom stereocenters. The normalized spacial score (nSPS) is 16.4. The Kier molecular flexibility index (Phi) is 1.61. The van der Waals surface area contributed by atoms with E-state index in [-0.39, 0.29) is 11.5 Å². The molecule has 6 heteroatoms. The molecule has 3 aromatic rings. The summed E-state index contributed by atoms with van der Waals surface area (Å²) >= 11 is 0. The fourth-order valence-corrected chi connectivity index (χ4v) is 3.01. The summed E-state index contributed by atoms with van der Waals surface area (Å²) in [5, 5.41) is 1.92. The van der Waals surface area contributed by atoms with Crippen molar-refractivity contribution in [1.29, 1.82) is 0 Å². The molecule has 18 heavy (non-hydrogen) atoms. The van der Waals surface area contributed by atoms with Crippen LogP contribution in [0.2, 0.25) is 0 Å². The van der Waals surface area contributed by atoms with Crippen molar-refractivity contribution < 1.29 is 16.8 Å². The van der Waals surface area contributed by atoms with Gasteiger partial charge in [-0.2, -0.15) is 0 Å². The average molecular weight is 261 g/mol. The maximum absolute atomic E-state index is 11.3. The predicted molar refractivity (Wildman–Crippen MR) is 66.0 cm³/mol. The van der Waals surface area contributed by atoms with E-state index in [2.05, 4.69) is 4.98 Å². The zero-order valence-corrected chi connectivity index (χ0v) is 9.82. The van der Waals surface area contributed by atoms with Gasteiger partial charge in [0.2, 0.25) is 5.75 Å². The molecule has 1 aliphatic heterocycles. The van der Waals surface area contributed by atoms with Gasteiger partial charge in [-0.3, -0.25) is 0 Å². The molecule has 1 aliphatic rings. The first-order valence-corrected chi connectivity index (χ1v) is 6.65. The van der Waals surface area contributed by atoms with Gasteiger partial charge in [-0.1, -0.05) is 18.2 Å². The Morgan fingerprint density at radius 1 is 0.944 bits per heavy atom. The van der Waals surface area contributed by atoms with Crippen LogP contribution >= 0.6 is 0 Å². The molecule has 2 heterocycles. The molecule has 0 bridgehead atoms. The summed E-state index contributed by atoms with van der Waals surface area (Å²) in [6, 6.07) is 11.1. The number of rotatable bonds is 0. The van der Waals surface area contributed by atoms with Crippen molar-refractivity contribution in [1.82, 2.24) is 4.98 Å². The second kappa shape index (κ2) is 2.97. The van der Waals surface area contributed by atoms with Crippen LogP contribution in [0.15, 0.2) is 36.4 Å². The average Bonchev–Trinajstić information content (AvgIpc) is 2.84. The molecular formula is C12H7NO4S. The summed E-state index contributed by atoms with van der Waals surface area (Å²) in [7, 11) is -3.95. The van der Waals surface area contributed by atoms with E-state index in [9.17, 15) is 8.42 Å². The van der Waals surface area contributed by atoms with E-state index in [1.807, 2.05) is 30.3 Å². The summed E-state index contributed by atoms with van der Waals surface area (Å²) in [6.07, 6.45) is 0. The standard InChI is InChI=1S/C12H7NO4S/c14-18(15)16-10-6-5-8-7-3-1-2-4-9(7)13-11(8)12(10)17-18/h1-6,13H. The van der Waals surface area contributed by atoms with Gasteiger partial charge in [0.15, 0.2) is 5.75 Å². The SMILES string of the molecule is O=S1(=O)Oc2ccc3c([nH]c4ccccc43)c2O1. The number of H-pyrrole nitrogens is 1. The lowest BCUT2D eigenvalue weighted by molar-refractivity contribution is 0.437. The van der Waals surface area contributed by atoms with Crippen LogP contribution in [0.1, 0.15) is 0 Å². The van der Waals surface area contributed by atoms with E-state index in [1.165, 1.54) is 0 Å². The molecule has 2 aromatic carbocycles. The molecule has 1 aromatic heterocycles. The number of aromatic nitrogens is 1. The summed E-state index contributed by atoms with van der Waals surface area (Å²) in [6.45, 7) is 0. The van der Waals surface area contributed by atoms with Gasteiger partial charge in [-0.15, -0.1) is 8.42 Å². The highest BCUT2D eigenvalue weighted by Gasteiger charge is 2.31. The largest absolute Gasteiger partial charge is 0.501 e. The molecule has 5 nitrogen and oxygen atoms in total. The van der Waals surface area contributed by atoms with Crippen LogP contribution in [0, 0.1) is 0 Å². The van der Waals surface area contributed by atoms with E-state index in [4.69, 9.17) is 8.37 Å². The summed E-state index contributed by atoms with van der Waals surface area (Å²) in [4.78, 5) is 3.15. The molecule has 0 spiro atoms. The quantitative estimate of drug-likeness (QED) is 0.674. The van der Waals surface area contributed by atoms with Crippen molar-refractivity contribution in [3.63, 3.8) is 0 Å². The first-order chi connectivity index (χ1) is 8.64. The van der Waals surface area contributed by atoms with E-state index in [0.29, 0.717) is 5.52 Å². The van der Waals surface area contributed by atoms with Crippen LogP contribution < -0.4 is 8.37 Å². The minimum atomic E-state index is -3.95. The highest BCUT2D eigenvalue weighted by molar-refractivity contribution is 7.82. The topological polar surface area (TPSA) is 68.4 Å². The zero-order valence-electron chi connectivity index (χ0n) is 9.01. The second-order valence-electron chi connectivity index (χ2n) is 4.06. The highest BCUT2D eigenvalue weighted by atomic mass is 32.3. The van der Waals surface area contributed by atoms with Crippen molar-refractivity contribution in [2.45, 2.75) is 0 Å². The molecular weight excluding hydrogens is 254 g/mol. The van der Waals surface area contributed by atoms with Gasteiger partial charge in [0.1, 0.15) is 0 Å². The lowest BCUT2D eigenvalue weighted by Gasteiger charge is -1.94. The van der Waals surface area contributed by atoms with Gasteiger partial charge < -0.3 is 13.4 Å². The predicted octanol–water partition coefficient (Wildman–Crippen LogP) is 2.34. The van der Waals surface area contributed by atoms with Crippen LogP contribution in [-0.2, 0) is 10.4 Å². The van der Waals surface area contributed by atoms with Crippen molar-refractivity contribution in [3.05, 3.63) is 36.4 Å². The Morgan fingerprint density at radius 3 is 2.67 bits per heavy atom. The molecule has 0 saturated heterocycles. The molecule has 0 atom stereocenters. The Labute approximate surface area is 102 Å². The van der Waals surface area contributed by atoms with Gasteiger partial charge in [-0.25, -0.2) is 0 Å². The second-order valence-corrected chi connectivity index (χ2v) is 5.21. The molecule has 0 amide bonds. The molecule has 1 N–H and O–H groups in total. The number of aromatic amines is 1. The summed E-state index contributed by atoms with van der Waals surface area (Å²) in [5.74, 6) is 0.442. The number of benzene rings is 2. The Hall–Kier alpha value is -2.21. The maximum Gasteiger partial charge on any atom is 0.501 e. The fraction of sp³-hybridized carbons (Fsp3) is 0. The smallest absolute Gasteiger partial charge is 0.351 e. The van der Waals surface area contributed by atoms with Crippen molar-refractivity contribution in [3.8, 4) is 11.5 Å². The minimum absolute atomic E-state index is 0.217. The van der Waals surface area contributed by atoms with E-state index in [1.54, 1.807) is 6.07 Å². The van der Waals surface area contributed by atoms with Gasteiger partial charge in [0.25, 0.3) is 0 Å². The van der Waals surface area contributed by atoms with Crippen LogP contribution in [0.25, 0.3) is 21.8 Å². The van der Waals surface area contributed by atoms with E-state index in [0.717, 1.165) is 16.3 Å². The van der Waals surface area contributed by atoms with E-state index < -0.39 is 10.4 Å².